The van der Waals surface area contributed by atoms with E-state index in [2.05, 4.69) is 4.74 Å². The van der Waals surface area contributed by atoms with Crippen LogP contribution in [0.25, 0.3) is 0 Å². The van der Waals surface area contributed by atoms with E-state index in [-0.39, 0.29) is 37.6 Å². The summed E-state index contributed by atoms with van der Waals surface area (Å²) in [4.78, 5) is 21.8. The molecular formula is C18H26O7. The second-order valence-electron chi connectivity index (χ2n) is 5.92. The lowest BCUT2D eigenvalue weighted by Gasteiger charge is -2.28. The third kappa shape index (κ3) is 7.21. The van der Waals surface area contributed by atoms with Crippen molar-refractivity contribution in [3.63, 3.8) is 0 Å². The molecule has 0 spiro atoms. The number of rotatable bonds is 6. The predicted molar refractivity (Wildman–Crippen MR) is 90.4 cm³/mol. The van der Waals surface area contributed by atoms with Gasteiger partial charge in [0, 0.05) is 13.2 Å². The topological polar surface area (TPSA) is 124 Å². The fourth-order valence-electron chi connectivity index (χ4n) is 2.77. The van der Waals surface area contributed by atoms with E-state index in [0.29, 0.717) is 11.8 Å². The fourth-order valence-corrected chi connectivity index (χ4v) is 2.77. The van der Waals surface area contributed by atoms with Crippen molar-refractivity contribution in [1.82, 2.24) is 0 Å². The van der Waals surface area contributed by atoms with E-state index >= 15 is 0 Å². The Labute approximate surface area is 146 Å². The first-order chi connectivity index (χ1) is 12.0. The van der Waals surface area contributed by atoms with Crippen molar-refractivity contribution >= 4 is 11.9 Å². The number of esters is 1. The van der Waals surface area contributed by atoms with Gasteiger partial charge in [-0.2, -0.15) is 0 Å². The normalized spacial score (nSPS) is 19.5. The van der Waals surface area contributed by atoms with Gasteiger partial charge < -0.3 is 25.2 Å². The number of carbonyl (C=O) groups is 2. The average Bonchev–Trinajstić information content (AvgIpc) is 2.66. The van der Waals surface area contributed by atoms with Crippen LogP contribution in [0.2, 0.25) is 0 Å². The van der Waals surface area contributed by atoms with Gasteiger partial charge in [-0.3, -0.25) is 0 Å². The molecule has 140 valence electrons. The van der Waals surface area contributed by atoms with E-state index in [1.54, 1.807) is 0 Å². The molecule has 0 aliphatic heterocycles. The monoisotopic (exact) mass is 354 g/mol. The molecule has 1 aliphatic carbocycles. The zero-order chi connectivity index (χ0) is 18.7. The number of aliphatic hydroxyl groups excluding tert-OH is 3. The molecule has 0 heterocycles. The number of aromatic carboxylic acids is 1. The summed E-state index contributed by atoms with van der Waals surface area (Å²) in [6.45, 7) is 0.150. The number of aliphatic hydroxyl groups is 3. The van der Waals surface area contributed by atoms with Crippen molar-refractivity contribution in [3.05, 3.63) is 35.4 Å². The van der Waals surface area contributed by atoms with Gasteiger partial charge in [-0.1, -0.05) is 18.9 Å². The molecule has 0 radical (unpaired) electrons. The van der Waals surface area contributed by atoms with Crippen molar-refractivity contribution in [2.75, 3.05) is 26.4 Å². The van der Waals surface area contributed by atoms with E-state index in [1.165, 1.54) is 37.1 Å². The Bertz CT molecular complexity index is 532. The molecule has 7 nitrogen and oxygen atoms in total. The van der Waals surface area contributed by atoms with Crippen molar-refractivity contribution in [2.45, 2.75) is 25.7 Å². The lowest BCUT2D eigenvalue weighted by atomic mass is 9.80. The lowest BCUT2D eigenvalue weighted by molar-refractivity contribution is 0.0433. The van der Waals surface area contributed by atoms with Gasteiger partial charge in [-0.25, -0.2) is 9.59 Å². The average molecular weight is 354 g/mol. The van der Waals surface area contributed by atoms with Gasteiger partial charge in [0.15, 0.2) is 0 Å². The molecule has 7 heteroatoms. The third-order valence-corrected chi connectivity index (χ3v) is 4.21. The fraction of sp³-hybridized carbons (Fsp3) is 0.556. The summed E-state index contributed by atoms with van der Waals surface area (Å²) < 4.78 is 4.63. The number of hydrogen-bond donors (Lipinski definition) is 4. The number of carboxylic acid groups (broad SMARTS) is 1. The van der Waals surface area contributed by atoms with Crippen LogP contribution in [0.15, 0.2) is 24.3 Å². The molecular weight excluding hydrogens is 328 g/mol. The summed E-state index contributed by atoms with van der Waals surface area (Å²) in [5.74, 6) is -1.00. The Kier molecular flexibility index (Phi) is 9.76. The second kappa shape index (κ2) is 11.6. The van der Waals surface area contributed by atoms with Gasteiger partial charge in [-0.15, -0.1) is 0 Å². The van der Waals surface area contributed by atoms with E-state index in [9.17, 15) is 9.59 Å². The van der Waals surface area contributed by atoms with Crippen LogP contribution in [0.3, 0.4) is 0 Å². The van der Waals surface area contributed by atoms with Gasteiger partial charge in [-0.05, 0) is 42.9 Å². The smallest absolute Gasteiger partial charge is 0.338 e. The van der Waals surface area contributed by atoms with Crippen LogP contribution >= 0.6 is 0 Å². The molecule has 1 aromatic carbocycles. The minimum atomic E-state index is -1.10. The van der Waals surface area contributed by atoms with Crippen LogP contribution in [0.4, 0.5) is 0 Å². The molecule has 0 bridgehead atoms. The number of ether oxygens (including phenoxy) is 1. The largest absolute Gasteiger partial charge is 0.478 e. The van der Waals surface area contributed by atoms with Crippen LogP contribution in [-0.4, -0.2) is 58.8 Å². The summed E-state index contributed by atoms with van der Waals surface area (Å²) in [5.41, 5.74) is 0.178. The highest BCUT2D eigenvalue weighted by molar-refractivity contribution is 5.94. The summed E-state index contributed by atoms with van der Waals surface area (Å²) in [5, 5.41) is 34.9. The zero-order valence-corrected chi connectivity index (χ0v) is 14.1. The quantitative estimate of drug-likeness (QED) is 0.568. The number of carboxylic acids is 1. The molecule has 25 heavy (non-hydrogen) atoms. The summed E-state index contributed by atoms with van der Waals surface area (Å²) in [6, 6.07) is 5.51. The van der Waals surface area contributed by atoms with Crippen molar-refractivity contribution in [3.8, 4) is 0 Å². The highest BCUT2D eigenvalue weighted by atomic mass is 16.5. The molecule has 2 atom stereocenters. The number of hydrogen-bond acceptors (Lipinski definition) is 6. The summed E-state index contributed by atoms with van der Waals surface area (Å²) in [6.07, 6.45) is 4.65. The van der Waals surface area contributed by atoms with E-state index in [4.69, 9.17) is 20.4 Å². The van der Waals surface area contributed by atoms with Gasteiger partial charge in [0.05, 0.1) is 17.7 Å². The van der Waals surface area contributed by atoms with Gasteiger partial charge in [0.25, 0.3) is 0 Å². The van der Waals surface area contributed by atoms with E-state index < -0.39 is 11.9 Å². The maximum atomic E-state index is 11.3. The minimum Gasteiger partial charge on any atom is -0.478 e. The zero-order valence-electron chi connectivity index (χ0n) is 14.1. The lowest BCUT2D eigenvalue weighted by Crippen LogP contribution is -2.25. The first-order valence-corrected chi connectivity index (χ1v) is 8.36. The molecule has 1 fully saturated rings. The molecule has 1 aromatic rings. The SMILES string of the molecule is O=C(O)c1cccc(C(=O)OCCO)c1.OCC1CCCCC1CO. The highest BCUT2D eigenvalue weighted by Gasteiger charge is 2.23. The van der Waals surface area contributed by atoms with Crippen LogP contribution in [0.1, 0.15) is 46.4 Å². The molecule has 2 unspecified atom stereocenters. The minimum absolute atomic E-state index is 0.0217. The third-order valence-electron chi connectivity index (χ3n) is 4.21. The van der Waals surface area contributed by atoms with Gasteiger partial charge in [0.2, 0.25) is 0 Å². The van der Waals surface area contributed by atoms with E-state index in [0.717, 1.165) is 12.8 Å². The first-order valence-electron chi connectivity index (χ1n) is 8.36. The molecule has 1 saturated carbocycles. The summed E-state index contributed by atoms with van der Waals surface area (Å²) >= 11 is 0. The highest BCUT2D eigenvalue weighted by Crippen LogP contribution is 2.28. The van der Waals surface area contributed by atoms with E-state index in [1.807, 2.05) is 0 Å². The van der Waals surface area contributed by atoms with Crippen molar-refractivity contribution in [1.29, 1.82) is 0 Å². The second-order valence-corrected chi connectivity index (χ2v) is 5.92. The van der Waals surface area contributed by atoms with Gasteiger partial charge >= 0.3 is 11.9 Å². The Hall–Kier alpha value is -1.96. The predicted octanol–water partition coefficient (Wildman–Crippen LogP) is 1.31. The molecule has 0 saturated heterocycles. The number of benzene rings is 1. The standard InChI is InChI=1S/C10H10O5.C8H16O2/c11-4-5-15-10(14)8-3-1-2-7(6-8)9(12)13;9-5-7-3-1-2-4-8(7)6-10/h1-3,6,11H,4-5H2,(H,12,13);7-10H,1-6H2. The molecule has 0 aromatic heterocycles. The molecule has 4 N–H and O–H groups in total. The Morgan fingerprint density at radius 1 is 1.00 bits per heavy atom. The van der Waals surface area contributed by atoms with Gasteiger partial charge in [0.1, 0.15) is 6.61 Å². The van der Waals surface area contributed by atoms with Crippen LogP contribution in [0.5, 0.6) is 0 Å². The van der Waals surface area contributed by atoms with Crippen LogP contribution in [-0.2, 0) is 4.74 Å². The first kappa shape index (κ1) is 21.1. The van der Waals surface area contributed by atoms with Crippen LogP contribution in [0, 0.1) is 11.8 Å². The maximum absolute atomic E-state index is 11.3. The van der Waals surface area contributed by atoms with Crippen molar-refractivity contribution in [2.24, 2.45) is 11.8 Å². The Morgan fingerprint density at radius 2 is 1.56 bits per heavy atom. The number of carbonyl (C=O) groups excluding carboxylic acids is 1. The van der Waals surface area contributed by atoms with Crippen molar-refractivity contribution < 1.29 is 34.8 Å². The Morgan fingerprint density at radius 3 is 2.04 bits per heavy atom. The molecule has 2 rings (SSSR count). The molecule has 0 amide bonds. The van der Waals surface area contributed by atoms with Crippen LogP contribution < -0.4 is 0 Å². The Balaban J connectivity index is 0.000000271. The molecule has 1 aliphatic rings. The summed E-state index contributed by atoms with van der Waals surface area (Å²) in [7, 11) is 0. The maximum Gasteiger partial charge on any atom is 0.338 e.